The molecule has 162 valence electrons. The highest BCUT2D eigenvalue weighted by Crippen LogP contribution is 2.22. The van der Waals surface area contributed by atoms with Gasteiger partial charge in [0.2, 0.25) is 21.9 Å². The molecule has 1 unspecified atom stereocenters. The fraction of sp³-hybridized carbons (Fsp3) is 0.450. The molecule has 0 radical (unpaired) electrons. The molecule has 0 aliphatic heterocycles. The van der Waals surface area contributed by atoms with Gasteiger partial charge in [-0.3, -0.25) is 9.20 Å². The highest BCUT2D eigenvalue weighted by atomic mass is 32.2. The molecule has 2 heterocycles. The van der Waals surface area contributed by atoms with Crippen molar-refractivity contribution >= 4 is 27.5 Å². The van der Waals surface area contributed by atoms with Crippen LogP contribution in [-0.4, -0.2) is 52.9 Å². The number of carbonyl (C=O) groups excluding carboxylic acids is 1. The van der Waals surface area contributed by atoms with Crippen LogP contribution in [0.5, 0.6) is 0 Å². The molecule has 30 heavy (non-hydrogen) atoms. The quantitative estimate of drug-likeness (QED) is 0.662. The summed E-state index contributed by atoms with van der Waals surface area (Å²) in [6.45, 7) is 8.54. The smallest absolute Gasteiger partial charge is 0.244 e. The third-order valence-corrected chi connectivity index (χ3v) is 7.31. The zero-order chi connectivity index (χ0) is 21.9. The van der Waals surface area contributed by atoms with Gasteiger partial charge in [-0.15, -0.1) is 10.2 Å². The number of hydrogen-bond donors (Lipinski definition) is 2. The molecule has 0 saturated heterocycles. The van der Waals surface area contributed by atoms with Gasteiger partial charge in [0.25, 0.3) is 0 Å². The van der Waals surface area contributed by atoms with Crippen molar-refractivity contribution < 1.29 is 13.2 Å². The molecule has 1 aliphatic rings. The van der Waals surface area contributed by atoms with E-state index in [1.54, 1.807) is 19.9 Å². The number of fused-ring (bicyclic) bond motifs is 1. The van der Waals surface area contributed by atoms with Crippen molar-refractivity contribution in [1.82, 2.24) is 24.2 Å². The largest absolute Gasteiger partial charge is 0.345 e. The third kappa shape index (κ3) is 4.54. The summed E-state index contributed by atoms with van der Waals surface area (Å²) in [4.78, 5) is 12.5. The van der Waals surface area contributed by atoms with Gasteiger partial charge in [-0.25, -0.2) is 8.42 Å². The maximum Gasteiger partial charge on any atom is 0.244 e. The predicted molar refractivity (Wildman–Crippen MR) is 115 cm³/mol. The Balaban J connectivity index is 1.73. The van der Waals surface area contributed by atoms with Crippen LogP contribution in [0.15, 0.2) is 46.6 Å². The summed E-state index contributed by atoms with van der Waals surface area (Å²) in [7, 11) is -3.61. The topological polar surface area (TPSA) is 109 Å². The van der Waals surface area contributed by atoms with Crippen LogP contribution in [-0.2, 0) is 14.8 Å². The average molecular weight is 433 g/mol. The van der Waals surface area contributed by atoms with Gasteiger partial charge in [-0.1, -0.05) is 32.4 Å². The van der Waals surface area contributed by atoms with E-state index in [4.69, 9.17) is 0 Å². The van der Waals surface area contributed by atoms with Gasteiger partial charge < -0.3 is 10.6 Å². The molecule has 0 saturated carbocycles. The number of aromatic nitrogens is 3. The number of carbonyl (C=O) groups is 1. The Morgan fingerprint density at radius 1 is 1.23 bits per heavy atom. The van der Waals surface area contributed by atoms with Crippen LogP contribution in [0.2, 0.25) is 0 Å². The maximum absolute atomic E-state index is 12.8. The molecule has 0 fully saturated rings. The van der Waals surface area contributed by atoms with Crippen LogP contribution in [0.4, 0.5) is 5.95 Å². The van der Waals surface area contributed by atoms with E-state index < -0.39 is 10.0 Å². The van der Waals surface area contributed by atoms with E-state index >= 15 is 0 Å². The van der Waals surface area contributed by atoms with Gasteiger partial charge >= 0.3 is 0 Å². The monoisotopic (exact) mass is 432 g/mol. The highest BCUT2D eigenvalue weighted by Gasteiger charge is 2.23. The molecule has 1 atom stereocenters. The standard InChI is InChI=1S/C20H28N6O3S/c1-5-25(6-2)30(28,29)17-9-10-18-23-24-20(26(18)13-17)21-12-19(27)22-16-8-7-14(3)15(4)11-16/h7-10,13,15H,5-6,11-12H2,1-4H3,(H,21,24)(H,22,27). The van der Waals surface area contributed by atoms with Crippen LogP contribution < -0.4 is 10.6 Å². The summed E-state index contributed by atoms with van der Waals surface area (Å²) in [6.07, 6.45) is 6.20. The minimum absolute atomic E-state index is 0.0117. The summed E-state index contributed by atoms with van der Waals surface area (Å²) < 4.78 is 28.5. The molecule has 0 bridgehead atoms. The summed E-state index contributed by atoms with van der Waals surface area (Å²) in [5.41, 5.74) is 2.65. The Morgan fingerprint density at radius 3 is 2.63 bits per heavy atom. The second kappa shape index (κ2) is 8.97. The molecule has 2 aromatic heterocycles. The first-order valence-corrected chi connectivity index (χ1v) is 11.5. The number of anilines is 1. The Labute approximate surface area is 176 Å². The zero-order valence-electron chi connectivity index (χ0n) is 17.7. The van der Waals surface area contributed by atoms with Crippen molar-refractivity contribution in [2.45, 2.75) is 39.0 Å². The SMILES string of the molecule is CCN(CC)S(=O)(=O)c1ccc2nnc(NCC(=O)NC3=CC=C(C)C(C)C3)n2c1. The lowest BCUT2D eigenvalue weighted by molar-refractivity contribution is -0.118. The lowest BCUT2D eigenvalue weighted by Gasteiger charge is -2.19. The van der Waals surface area contributed by atoms with Crippen molar-refractivity contribution in [3.05, 3.63) is 41.8 Å². The lowest BCUT2D eigenvalue weighted by atomic mass is 9.93. The van der Waals surface area contributed by atoms with E-state index in [-0.39, 0.29) is 17.3 Å². The van der Waals surface area contributed by atoms with E-state index in [0.29, 0.717) is 30.6 Å². The highest BCUT2D eigenvalue weighted by molar-refractivity contribution is 7.89. The van der Waals surface area contributed by atoms with Crippen LogP contribution >= 0.6 is 0 Å². The summed E-state index contributed by atoms with van der Waals surface area (Å²) in [5.74, 6) is 0.494. The van der Waals surface area contributed by atoms with E-state index in [1.807, 2.05) is 12.2 Å². The average Bonchev–Trinajstić information content (AvgIpc) is 3.12. The number of amides is 1. The molecule has 10 heteroatoms. The number of hydrogen-bond acceptors (Lipinski definition) is 6. The molecule has 1 aliphatic carbocycles. The lowest BCUT2D eigenvalue weighted by Crippen LogP contribution is -2.31. The first-order chi connectivity index (χ1) is 14.3. The summed E-state index contributed by atoms with van der Waals surface area (Å²) >= 11 is 0. The Morgan fingerprint density at radius 2 is 1.97 bits per heavy atom. The summed E-state index contributed by atoms with van der Waals surface area (Å²) in [6, 6.07) is 3.11. The molecule has 2 aromatic rings. The van der Waals surface area contributed by atoms with E-state index in [1.165, 1.54) is 26.5 Å². The second-order valence-corrected chi connectivity index (χ2v) is 9.25. The van der Waals surface area contributed by atoms with Crippen LogP contribution in [0, 0.1) is 5.92 Å². The maximum atomic E-state index is 12.8. The second-order valence-electron chi connectivity index (χ2n) is 7.32. The fourth-order valence-electron chi connectivity index (χ4n) is 3.29. The van der Waals surface area contributed by atoms with Gasteiger partial charge in [0, 0.05) is 25.0 Å². The number of sulfonamides is 1. The van der Waals surface area contributed by atoms with Crippen molar-refractivity contribution in [3.8, 4) is 0 Å². The minimum Gasteiger partial charge on any atom is -0.345 e. The third-order valence-electron chi connectivity index (χ3n) is 5.28. The first kappa shape index (κ1) is 22.0. The van der Waals surface area contributed by atoms with Gasteiger partial charge in [0.05, 0.1) is 11.4 Å². The number of allylic oxidation sites excluding steroid dienone is 4. The normalized spacial score (nSPS) is 17.0. The Bertz CT molecular complexity index is 1100. The first-order valence-electron chi connectivity index (χ1n) is 10.0. The van der Waals surface area contributed by atoms with Crippen LogP contribution in [0.3, 0.4) is 0 Å². The molecular weight excluding hydrogens is 404 g/mol. The Kier molecular flexibility index (Phi) is 6.57. The van der Waals surface area contributed by atoms with Crippen molar-refractivity contribution in [3.63, 3.8) is 0 Å². The van der Waals surface area contributed by atoms with Gasteiger partial charge in [0.15, 0.2) is 5.65 Å². The molecule has 2 N–H and O–H groups in total. The Hall–Kier alpha value is -2.72. The predicted octanol–water partition coefficient (Wildman–Crippen LogP) is 2.16. The van der Waals surface area contributed by atoms with Gasteiger partial charge in [-0.2, -0.15) is 4.31 Å². The van der Waals surface area contributed by atoms with E-state index in [0.717, 1.165) is 12.1 Å². The van der Waals surface area contributed by atoms with E-state index in [9.17, 15) is 13.2 Å². The van der Waals surface area contributed by atoms with Crippen LogP contribution in [0.25, 0.3) is 5.65 Å². The number of nitrogens with zero attached hydrogens (tertiary/aromatic N) is 4. The van der Waals surface area contributed by atoms with Crippen molar-refractivity contribution in [1.29, 1.82) is 0 Å². The van der Waals surface area contributed by atoms with Crippen molar-refractivity contribution in [2.24, 2.45) is 5.92 Å². The van der Waals surface area contributed by atoms with E-state index in [2.05, 4.69) is 34.7 Å². The van der Waals surface area contributed by atoms with Gasteiger partial charge in [0.1, 0.15) is 0 Å². The molecular formula is C20H28N6O3S. The summed E-state index contributed by atoms with van der Waals surface area (Å²) in [5, 5.41) is 13.9. The fourth-order valence-corrected chi connectivity index (χ4v) is 4.74. The molecule has 0 spiro atoms. The number of rotatable bonds is 8. The zero-order valence-corrected chi connectivity index (χ0v) is 18.5. The van der Waals surface area contributed by atoms with Crippen molar-refractivity contribution in [2.75, 3.05) is 25.0 Å². The number of nitrogens with one attached hydrogen (secondary N) is 2. The number of pyridine rings is 1. The molecule has 0 aromatic carbocycles. The molecule has 1 amide bonds. The van der Waals surface area contributed by atoms with Gasteiger partial charge in [-0.05, 0) is 37.5 Å². The molecule has 3 rings (SSSR count). The minimum atomic E-state index is -3.61. The molecule has 9 nitrogen and oxygen atoms in total. The van der Waals surface area contributed by atoms with Crippen LogP contribution in [0.1, 0.15) is 34.1 Å².